The second kappa shape index (κ2) is 6.73. The SMILES string of the molecule is O=C1C(c2cccnc2)=C(OCCc2ccccc2)c2ccccc21. The van der Waals surface area contributed by atoms with Crippen molar-refractivity contribution in [3.8, 4) is 0 Å². The van der Waals surface area contributed by atoms with Crippen LogP contribution in [0.2, 0.25) is 0 Å². The fourth-order valence-corrected chi connectivity index (χ4v) is 3.09. The van der Waals surface area contributed by atoms with Crippen LogP contribution in [0, 0.1) is 0 Å². The number of ether oxygens (including phenoxy) is 1. The Morgan fingerprint density at radius 2 is 1.60 bits per heavy atom. The predicted octanol–water partition coefficient (Wildman–Crippen LogP) is 4.41. The summed E-state index contributed by atoms with van der Waals surface area (Å²) < 4.78 is 6.10. The number of hydrogen-bond acceptors (Lipinski definition) is 3. The average molecular weight is 327 g/mol. The zero-order chi connectivity index (χ0) is 17.1. The number of hydrogen-bond donors (Lipinski definition) is 0. The molecule has 0 aliphatic heterocycles. The summed E-state index contributed by atoms with van der Waals surface area (Å²) in [5.74, 6) is 0.655. The fraction of sp³-hybridized carbons (Fsp3) is 0.0909. The van der Waals surface area contributed by atoms with Crippen molar-refractivity contribution in [2.75, 3.05) is 6.61 Å². The summed E-state index contributed by atoms with van der Waals surface area (Å²) >= 11 is 0. The first-order chi connectivity index (χ1) is 12.3. The number of aromatic nitrogens is 1. The maximum Gasteiger partial charge on any atom is 0.198 e. The number of nitrogens with zero attached hydrogens (tertiary/aromatic N) is 1. The van der Waals surface area contributed by atoms with Crippen molar-refractivity contribution in [1.82, 2.24) is 4.98 Å². The molecule has 0 atom stereocenters. The van der Waals surface area contributed by atoms with Gasteiger partial charge >= 0.3 is 0 Å². The van der Waals surface area contributed by atoms with Gasteiger partial charge in [0, 0.05) is 35.5 Å². The van der Waals surface area contributed by atoms with Gasteiger partial charge in [-0.1, -0.05) is 60.7 Å². The molecule has 0 unspecified atom stereocenters. The summed E-state index contributed by atoms with van der Waals surface area (Å²) in [7, 11) is 0. The molecule has 1 aromatic heterocycles. The van der Waals surface area contributed by atoms with E-state index < -0.39 is 0 Å². The molecule has 2 aromatic carbocycles. The Hall–Kier alpha value is -3.20. The van der Waals surface area contributed by atoms with Gasteiger partial charge < -0.3 is 4.74 Å². The lowest BCUT2D eigenvalue weighted by Crippen LogP contribution is -2.01. The summed E-state index contributed by atoms with van der Waals surface area (Å²) in [6.45, 7) is 0.519. The molecule has 0 saturated heterocycles. The Balaban J connectivity index is 1.66. The van der Waals surface area contributed by atoms with Gasteiger partial charge in [-0.2, -0.15) is 0 Å². The number of allylic oxidation sites excluding steroid dienone is 1. The maximum absolute atomic E-state index is 12.9. The van der Waals surface area contributed by atoms with Crippen LogP contribution in [0.15, 0.2) is 79.1 Å². The van der Waals surface area contributed by atoms with Crippen LogP contribution >= 0.6 is 0 Å². The van der Waals surface area contributed by atoms with Crippen molar-refractivity contribution in [1.29, 1.82) is 0 Å². The van der Waals surface area contributed by atoms with Gasteiger partial charge in [0.25, 0.3) is 0 Å². The van der Waals surface area contributed by atoms with Gasteiger partial charge in [-0.25, -0.2) is 0 Å². The zero-order valence-electron chi connectivity index (χ0n) is 13.7. The number of ketones is 1. The van der Waals surface area contributed by atoms with Crippen LogP contribution < -0.4 is 0 Å². The smallest absolute Gasteiger partial charge is 0.198 e. The second-order valence-electron chi connectivity index (χ2n) is 5.90. The Morgan fingerprint density at radius 1 is 0.840 bits per heavy atom. The quantitative estimate of drug-likeness (QED) is 0.697. The molecule has 0 amide bonds. The number of rotatable bonds is 5. The molecular weight excluding hydrogens is 310 g/mol. The zero-order valence-corrected chi connectivity index (χ0v) is 13.7. The molecule has 0 bridgehead atoms. The molecule has 3 aromatic rings. The van der Waals surface area contributed by atoms with Crippen LogP contribution in [0.4, 0.5) is 0 Å². The third-order valence-corrected chi connectivity index (χ3v) is 4.30. The van der Waals surface area contributed by atoms with Crippen molar-refractivity contribution in [3.63, 3.8) is 0 Å². The van der Waals surface area contributed by atoms with Crippen LogP contribution in [0.25, 0.3) is 11.3 Å². The highest BCUT2D eigenvalue weighted by molar-refractivity contribution is 6.39. The predicted molar refractivity (Wildman–Crippen MR) is 97.9 cm³/mol. The molecule has 1 aliphatic carbocycles. The van der Waals surface area contributed by atoms with Crippen molar-refractivity contribution >= 4 is 17.1 Å². The average Bonchev–Trinajstić information content (AvgIpc) is 2.96. The lowest BCUT2D eigenvalue weighted by atomic mass is 10.0. The molecule has 0 spiro atoms. The highest BCUT2D eigenvalue weighted by Gasteiger charge is 2.31. The van der Waals surface area contributed by atoms with Crippen molar-refractivity contribution < 1.29 is 9.53 Å². The van der Waals surface area contributed by atoms with E-state index >= 15 is 0 Å². The number of benzene rings is 2. The van der Waals surface area contributed by atoms with Gasteiger partial charge in [-0.15, -0.1) is 0 Å². The van der Waals surface area contributed by atoms with E-state index in [2.05, 4.69) is 17.1 Å². The first-order valence-corrected chi connectivity index (χ1v) is 8.30. The number of fused-ring (bicyclic) bond motifs is 1. The van der Waals surface area contributed by atoms with E-state index in [-0.39, 0.29) is 5.78 Å². The Morgan fingerprint density at radius 3 is 2.36 bits per heavy atom. The van der Waals surface area contributed by atoms with Crippen LogP contribution in [-0.2, 0) is 11.2 Å². The van der Waals surface area contributed by atoms with E-state index in [9.17, 15) is 4.79 Å². The fourth-order valence-electron chi connectivity index (χ4n) is 3.09. The molecule has 3 nitrogen and oxygen atoms in total. The van der Waals surface area contributed by atoms with Crippen LogP contribution in [0.3, 0.4) is 0 Å². The minimum absolute atomic E-state index is 0.00156. The standard InChI is InChI=1S/C22H17NO2/c24-21-18-10-4-5-11-19(18)22(20(21)17-9-6-13-23-15-17)25-14-12-16-7-2-1-3-8-16/h1-11,13,15H,12,14H2. The second-order valence-corrected chi connectivity index (χ2v) is 5.90. The number of Topliss-reactive ketones (excluding diaryl/α,β-unsaturated/α-hetero) is 1. The third-order valence-electron chi connectivity index (χ3n) is 4.30. The molecule has 0 saturated carbocycles. The minimum atomic E-state index is -0.00156. The lowest BCUT2D eigenvalue weighted by Gasteiger charge is -2.11. The number of pyridine rings is 1. The summed E-state index contributed by atoms with van der Waals surface area (Å²) in [4.78, 5) is 17.0. The first kappa shape index (κ1) is 15.3. The molecular formula is C22H17NO2. The molecule has 0 fully saturated rings. The monoisotopic (exact) mass is 327 g/mol. The first-order valence-electron chi connectivity index (χ1n) is 8.30. The number of carbonyl (C=O) groups is 1. The summed E-state index contributed by atoms with van der Waals surface area (Å²) in [5.41, 5.74) is 4.15. The Labute approximate surface area is 146 Å². The molecule has 122 valence electrons. The topological polar surface area (TPSA) is 39.2 Å². The van der Waals surface area contributed by atoms with Gasteiger partial charge in [0.2, 0.25) is 0 Å². The Kier molecular flexibility index (Phi) is 4.13. The van der Waals surface area contributed by atoms with Gasteiger partial charge in [0.15, 0.2) is 5.78 Å². The van der Waals surface area contributed by atoms with E-state index in [1.165, 1.54) is 5.56 Å². The molecule has 3 heteroatoms. The molecule has 1 aliphatic rings. The van der Waals surface area contributed by atoms with Gasteiger partial charge in [0.1, 0.15) is 5.76 Å². The van der Waals surface area contributed by atoms with Gasteiger partial charge in [-0.05, 0) is 11.6 Å². The largest absolute Gasteiger partial charge is 0.492 e. The van der Waals surface area contributed by atoms with E-state index in [0.717, 1.165) is 17.5 Å². The molecule has 0 radical (unpaired) electrons. The van der Waals surface area contributed by atoms with Gasteiger partial charge in [-0.3, -0.25) is 9.78 Å². The highest BCUT2D eigenvalue weighted by Crippen LogP contribution is 2.38. The van der Waals surface area contributed by atoms with Crippen molar-refractivity contribution in [2.24, 2.45) is 0 Å². The normalized spacial score (nSPS) is 13.0. The van der Waals surface area contributed by atoms with Crippen LogP contribution in [0.1, 0.15) is 27.0 Å². The molecule has 4 rings (SSSR count). The molecule has 1 heterocycles. The van der Waals surface area contributed by atoms with E-state index in [0.29, 0.717) is 23.5 Å². The number of carbonyl (C=O) groups excluding carboxylic acids is 1. The highest BCUT2D eigenvalue weighted by atomic mass is 16.5. The van der Waals surface area contributed by atoms with E-state index in [1.54, 1.807) is 12.4 Å². The summed E-state index contributed by atoms with van der Waals surface area (Å²) in [6, 6.07) is 21.5. The lowest BCUT2D eigenvalue weighted by molar-refractivity contribution is 0.105. The van der Waals surface area contributed by atoms with E-state index in [4.69, 9.17) is 4.74 Å². The Bertz CT molecular complexity index is 931. The van der Waals surface area contributed by atoms with Crippen LogP contribution in [0.5, 0.6) is 0 Å². The van der Waals surface area contributed by atoms with Gasteiger partial charge in [0.05, 0.1) is 12.2 Å². The van der Waals surface area contributed by atoms with Crippen LogP contribution in [-0.4, -0.2) is 17.4 Å². The summed E-state index contributed by atoms with van der Waals surface area (Å²) in [5, 5.41) is 0. The van der Waals surface area contributed by atoms with Crippen molar-refractivity contribution in [2.45, 2.75) is 6.42 Å². The third kappa shape index (κ3) is 2.96. The van der Waals surface area contributed by atoms with E-state index in [1.807, 2.05) is 54.6 Å². The summed E-state index contributed by atoms with van der Waals surface area (Å²) in [6.07, 6.45) is 4.20. The minimum Gasteiger partial charge on any atom is -0.492 e. The molecule has 0 N–H and O–H groups in total. The molecule has 25 heavy (non-hydrogen) atoms. The van der Waals surface area contributed by atoms with Crippen molar-refractivity contribution in [3.05, 3.63) is 101 Å². The maximum atomic E-state index is 12.9.